The van der Waals surface area contributed by atoms with Gasteiger partial charge in [0, 0.05) is 55.0 Å². The third kappa shape index (κ3) is 11.0. The Morgan fingerprint density at radius 1 is 0.969 bits per heavy atom. The number of nitrogen functional groups attached to an aromatic ring is 1. The van der Waals surface area contributed by atoms with E-state index in [0.717, 1.165) is 65.9 Å². The summed E-state index contributed by atoms with van der Waals surface area (Å²) in [6, 6.07) is 16.6. The number of aliphatic hydroxyl groups excluding tert-OH is 1. The summed E-state index contributed by atoms with van der Waals surface area (Å²) in [5, 5.41) is 43.9. The number of aryl methyl sites for hydroxylation is 3. The fourth-order valence-corrected chi connectivity index (χ4v) is 9.02. The number of nitrogens with two attached hydrogens (primary N) is 1. The number of aromatic hydroxyl groups is 1. The van der Waals surface area contributed by atoms with Crippen molar-refractivity contribution in [1.29, 1.82) is 0 Å². The summed E-state index contributed by atoms with van der Waals surface area (Å²) in [5.41, 5.74) is 13.9. The molecule has 0 radical (unpaired) electrons. The zero-order valence-electron chi connectivity index (χ0n) is 36.6. The van der Waals surface area contributed by atoms with Crippen LogP contribution in [-0.4, -0.2) is 88.2 Å². The van der Waals surface area contributed by atoms with Gasteiger partial charge in [-0.05, 0) is 61.9 Å². The van der Waals surface area contributed by atoms with E-state index in [-0.39, 0.29) is 48.7 Å². The average Bonchev–Trinajstić information content (AvgIpc) is 4.10. The quantitative estimate of drug-likeness (QED) is 0.0533. The predicted octanol–water partition coefficient (Wildman–Crippen LogP) is 6.74. The number of anilines is 1. The standard InChI is InChI=1S/C47H56N10O6S/c1-28(2)43(41-20-29(3)55-63-41)47(62)57-26-34(58)21-39(57)46(61)52-37(31-14-16-32(17-15-31)44-30(4)50-27-64-44)23-42(60)49-18-10-6-5-7-11-19-56-25-33(24-51-56)36-22-38(53-54-45(36)48)35-12-8-9-13-40(35)59/h8-9,12-17,20,22,24-25,27-28,34,37,39,43,58-59H,5-7,10-11,18-19,21,23,26H2,1-4H3,(H2,48,54)(H,49,60)(H,52,61). The largest absolute Gasteiger partial charge is 0.507 e. The summed E-state index contributed by atoms with van der Waals surface area (Å²) in [5.74, 6) is -0.990. The van der Waals surface area contributed by atoms with Gasteiger partial charge in [0.05, 0.1) is 52.2 Å². The van der Waals surface area contributed by atoms with Crippen molar-refractivity contribution in [2.24, 2.45) is 5.92 Å². The molecular formula is C47H56N10O6S. The molecule has 0 aliphatic carbocycles. The van der Waals surface area contributed by atoms with Crippen molar-refractivity contribution in [3.63, 3.8) is 0 Å². The molecule has 7 rings (SSSR count). The zero-order chi connectivity index (χ0) is 45.3. The van der Waals surface area contributed by atoms with Crippen molar-refractivity contribution in [3.8, 4) is 38.6 Å². The van der Waals surface area contributed by atoms with Gasteiger partial charge >= 0.3 is 0 Å². The van der Waals surface area contributed by atoms with E-state index in [4.69, 9.17) is 10.3 Å². The summed E-state index contributed by atoms with van der Waals surface area (Å²) < 4.78 is 7.37. The zero-order valence-corrected chi connectivity index (χ0v) is 37.4. The maximum Gasteiger partial charge on any atom is 0.243 e. The number of hydrogen-bond acceptors (Lipinski definition) is 13. The summed E-state index contributed by atoms with van der Waals surface area (Å²) in [4.78, 5) is 48.5. The lowest BCUT2D eigenvalue weighted by Crippen LogP contribution is -2.49. The number of phenolic OH excluding ortho intramolecular Hbond substituents is 1. The van der Waals surface area contributed by atoms with Gasteiger partial charge in [0.25, 0.3) is 0 Å². The van der Waals surface area contributed by atoms with Crippen LogP contribution >= 0.6 is 11.3 Å². The van der Waals surface area contributed by atoms with Crippen LogP contribution in [0.2, 0.25) is 0 Å². The maximum atomic E-state index is 14.1. The minimum Gasteiger partial charge on any atom is -0.507 e. The van der Waals surface area contributed by atoms with Crippen LogP contribution < -0.4 is 16.4 Å². The fourth-order valence-electron chi connectivity index (χ4n) is 8.21. The number of β-amino-alcohol motifs (C(OH)–C–C–N with tert-alkyl or cyclic N) is 1. The molecule has 4 aromatic heterocycles. The number of carbonyl (C=O) groups is 3. The molecule has 0 spiro atoms. The van der Waals surface area contributed by atoms with Gasteiger partial charge in [-0.25, -0.2) is 4.98 Å². The number of likely N-dealkylation sites (tertiary alicyclic amines) is 1. The Labute approximate surface area is 376 Å². The number of aliphatic hydroxyl groups is 1. The highest BCUT2D eigenvalue weighted by atomic mass is 32.1. The summed E-state index contributed by atoms with van der Waals surface area (Å²) in [6.45, 7) is 8.77. The van der Waals surface area contributed by atoms with Crippen LogP contribution in [0.3, 0.4) is 0 Å². The first-order valence-corrected chi connectivity index (χ1v) is 22.7. The Hall–Kier alpha value is -6.46. The molecule has 1 aliphatic heterocycles. The molecule has 5 heterocycles. The molecule has 0 bridgehead atoms. The Morgan fingerprint density at radius 2 is 1.73 bits per heavy atom. The van der Waals surface area contributed by atoms with E-state index < -0.39 is 30.0 Å². The second-order valence-electron chi connectivity index (χ2n) is 16.8. The molecule has 4 atom stereocenters. The molecule has 1 fully saturated rings. The van der Waals surface area contributed by atoms with Gasteiger partial charge in [-0.2, -0.15) is 5.10 Å². The van der Waals surface area contributed by atoms with Gasteiger partial charge < -0.3 is 36.0 Å². The van der Waals surface area contributed by atoms with E-state index in [0.29, 0.717) is 34.8 Å². The van der Waals surface area contributed by atoms with Crippen molar-refractivity contribution >= 4 is 34.9 Å². The van der Waals surface area contributed by atoms with Crippen LogP contribution in [0.4, 0.5) is 5.82 Å². The van der Waals surface area contributed by atoms with E-state index in [1.54, 1.807) is 60.3 Å². The van der Waals surface area contributed by atoms with Crippen molar-refractivity contribution in [2.45, 2.75) is 103 Å². The highest BCUT2D eigenvalue weighted by Gasteiger charge is 2.43. The first-order chi connectivity index (χ1) is 30.9. The first-order valence-electron chi connectivity index (χ1n) is 21.8. The normalized spacial score (nSPS) is 15.9. The van der Waals surface area contributed by atoms with E-state index in [9.17, 15) is 24.6 Å². The third-order valence-corrected chi connectivity index (χ3v) is 12.6. The summed E-state index contributed by atoms with van der Waals surface area (Å²) >= 11 is 1.54. The summed E-state index contributed by atoms with van der Waals surface area (Å²) in [6.07, 6.45) is 7.47. The number of aromatic nitrogens is 6. The Bertz CT molecular complexity index is 2530. The van der Waals surface area contributed by atoms with Crippen molar-refractivity contribution in [2.75, 3.05) is 18.8 Å². The van der Waals surface area contributed by atoms with Gasteiger partial charge in [0.15, 0.2) is 5.82 Å². The Kier molecular flexibility index (Phi) is 14.8. The molecular weight excluding hydrogens is 833 g/mol. The fraction of sp³-hybridized carbons (Fsp3) is 0.404. The monoisotopic (exact) mass is 888 g/mol. The number of nitrogens with one attached hydrogen (secondary N) is 2. The lowest BCUT2D eigenvalue weighted by molar-refractivity contribution is -0.141. The number of amides is 3. The molecule has 17 heteroatoms. The van der Waals surface area contributed by atoms with Gasteiger partial charge in [-0.15, -0.1) is 21.5 Å². The van der Waals surface area contributed by atoms with Crippen LogP contribution in [0.25, 0.3) is 32.8 Å². The highest BCUT2D eigenvalue weighted by Crippen LogP contribution is 2.34. The molecule has 4 unspecified atom stereocenters. The number of phenols is 1. The minimum absolute atomic E-state index is 0.00883. The van der Waals surface area contributed by atoms with Gasteiger partial charge in [-0.3, -0.25) is 19.1 Å². The Morgan fingerprint density at radius 3 is 2.45 bits per heavy atom. The van der Waals surface area contributed by atoms with Crippen LogP contribution in [0.15, 0.2) is 83.1 Å². The van der Waals surface area contributed by atoms with Crippen molar-refractivity contribution in [3.05, 3.63) is 101 Å². The number of para-hydroxylation sites is 1. The predicted molar refractivity (Wildman–Crippen MR) is 244 cm³/mol. The topological polar surface area (TPSA) is 228 Å². The van der Waals surface area contributed by atoms with E-state index in [2.05, 4.69) is 36.1 Å². The molecule has 6 N–H and O–H groups in total. The molecule has 2 aromatic carbocycles. The van der Waals surface area contributed by atoms with E-state index in [1.165, 1.54) is 4.90 Å². The minimum atomic E-state index is -0.936. The first kappa shape index (κ1) is 45.6. The molecule has 1 saturated heterocycles. The van der Waals surface area contributed by atoms with Crippen molar-refractivity contribution in [1.82, 2.24) is 45.7 Å². The molecule has 3 amide bonds. The second kappa shape index (κ2) is 20.8. The van der Waals surface area contributed by atoms with E-state index in [1.807, 2.05) is 62.0 Å². The lowest BCUT2D eigenvalue weighted by atomic mass is 9.91. The molecule has 6 aromatic rings. The molecule has 1 aliphatic rings. The molecule has 336 valence electrons. The van der Waals surface area contributed by atoms with Crippen LogP contribution in [-0.2, 0) is 20.9 Å². The maximum absolute atomic E-state index is 14.1. The Balaban J connectivity index is 0.912. The van der Waals surface area contributed by atoms with Crippen LogP contribution in [0, 0.1) is 19.8 Å². The van der Waals surface area contributed by atoms with E-state index >= 15 is 0 Å². The SMILES string of the molecule is Cc1cc(C(C(=O)N2CC(O)CC2C(=O)NC(CC(=O)NCCCCCCCn2cc(-c3cc(-c4ccccc4O)nnc3N)cn2)c2ccc(-c3scnc3C)cc2)C(C)C)on1. The number of hydrogen-bond donors (Lipinski definition) is 5. The number of unbranched alkanes of at least 4 members (excludes halogenated alkanes) is 4. The highest BCUT2D eigenvalue weighted by molar-refractivity contribution is 7.13. The van der Waals surface area contributed by atoms with Crippen LogP contribution in [0.1, 0.15) is 93.5 Å². The number of thiazole rings is 1. The number of benzene rings is 2. The average molecular weight is 889 g/mol. The second-order valence-corrected chi connectivity index (χ2v) is 17.7. The summed E-state index contributed by atoms with van der Waals surface area (Å²) in [7, 11) is 0. The van der Waals surface area contributed by atoms with Crippen molar-refractivity contribution < 1.29 is 29.1 Å². The number of carbonyl (C=O) groups excluding carboxylic acids is 3. The van der Waals surface area contributed by atoms with Gasteiger partial charge in [0.2, 0.25) is 17.7 Å². The third-order valence-electron chi connectivity index (χ3n) is 11.6. The lowest BCUT2D eigenvalue weighted by Gasteiger charge is -2.30. The molecule has 16 nitrogen and oxygen atoms in total. The molecule has 0 saturated carbocycles. The molecule has 64 heavy (non-hydrogen) atoms. The van der Waals surface area contributed by atoms with Crippen LogP contribution in [0.5, 0.6) is 5.75 Å². The van der Waals surface area contributed by atoms with Gasteiger partial charge in [0.1, 0.15) is 23.5 Å². The number of rotatable bonds is 19. The van der Waals surface area contributed by atoms with Gasteiger partial charge in [-0.1, -0.05) is 74.7 Å². The smallest absolute Gasteiger partial charge is 0.243 e. The number of nitrogens with zero attached hydrogens (tertiary/aromatic N) is 7.